The van der Waals surface area contributed by atoms with Gasteiger partial charge in [0.2, 0.25) is 11.8 Å². The van der Waals surface area contributed by atoms with Crippen LogP contribution in [0.1, 0.15) is 261 Å². The van der Waals surface area contributed by atoms with Gasteiger partial charge < -0.3 is 50.9 Å². The molecule has 0 bridgehead atoms. The molecule has 18 nitrogen and oxygen atoms in total. The fourth-order valence-corrected chi connectivity index (χ4v) is 10.9. The van der Waals surface area contributed by atoms with Crippen molar-refractivity contribution in [3.05, 3.63) is 46.4 Å². The molecule has 2 aromatic heterocycles. The Morgan fingerprint density at radius 1 is 0.616 bits per heavy atom. The summed E-state index contributed by atoms with van der Waals surface area (Å²) >= 11 is 1.23. The molecule has 19 heteroatoms. The lowest BCUT2D eigenvalue weighted by atomic mass is 10.0. The molecule has 1 aromatic carbocycles. The number of fused-ring (bicyclic) bond motifs is 1. The van der Waals surface area contributed by atoms with Crippen LogP contribution in [0, 0.1) is 0 Å². The average Bonchev–Trinajstić information content (AvgIpc) is 1.88. The number of ether oxygens (including phenoxy) is 4. The van der Waals surface area contributed by atoms with E-state index in [1.165, 1.54) is 127 Å². The standard InChI is InChI=1S/C67H114N8O10S/c1-10-13-16-18-20-22-24-26-28-30-32-34-36-38-58(76)82-47-53(84-59(77)39-37-35-33-31-29-27-25-23-21-19-17-14-11-2)49-86-50-55(72-65(81)85-67(7,8)9)63(79)71-54(48-83-66(4,5)6)62(78)70-52-42-40-51(41-43-52)46-75-56-45-57(69-44-15-12-3)73-61(68)60(56)74-64(75)80/h40-43,45,53-55H,10-39,44,46-50H2,1-9H3,(H,70,78)(H,71,79)(H,72,81)(H,74,80)(H3,68,69,73)/t53?,54-,55-/m0/s1. The number of thioether (sulfide) groups is 1. The van der Waals surface area contributed by atoms with E-state index in [0.717, 1.165) is 63.4 Å². The van der Waals surface area contributed by atoms with Gasteiger partial charge in [-0.3, -0.25) is 23.7 Å². The lowest BCUT2D eigenvalue weighted by Gasteiger charge is -2.27. The van der Waals surface area contributed by atoms with Crippen LogP contribution in [0.15, 0.2) is 35.1 Å². The van der Waals surface area contributed by atoms with Crippen molar-refractivity contribution in [2.75, 3.05) is 47.6 Å². The minimum absolute atomic E-state index is 0.0138. The van der Waals surface area contributed by atoms with Crippen molar-refractivity contribution < 1.29 is 42.9 Å². The number of amides is 3. The molecule has 0 aliphatic carbocycles. The zero-order valence-electron chi connectivity index (χ0n) is 54.5. The minimum Gasteiger partial charge on any atom is -0.462 e. The topological polar surface area (TPSA) is 247 Å². The number of H-pyrrole nitrogens is 1. The normalized spacial score (nSPS) is 12.8. The number of nitrogens with zero attached hydrogens (tertiary/aromatic N) is 2. The highest BCUT2D eigenvalue weighted by Crippen LogP contribution is 2.23. The van der Waals surface area contributed by atoms with E-state index in [0.29, 0.717) is 35.5 Å². The first-order valence-electron chi connectivity index (χ1n) is 33.1. The molecule has 3 rings (SSSR count). The van der Waals surface area contributed by atoms with Gasteiger partial charge in [-0.25, -0.2) is 14.6 Å². The van der Waals surface area contributed by atoms with Gasteiger partial charge in [-0.05, 0) is 78.5 Å². The Balaban J connectivity index is 1.68. The number of imidazole rings is 1. The fourth-order valence-electron chi connectivity index (χ4n) is 9.85. The van der Waals surface area contributed by atoms with Crippen molar-refractivity contribution in [2.24, 2.45) is 0 Å². The number of carbonyl (C=O) groups is 5. The SMILES string of the molecule is CCCCCCCCCCCCCCCC(=O)OCC(CSC[C@H](NC(=O)OC(C)(C)C)C(=O)N[C@@H](COC(C)(C)C)C(=O)Nc1ccc(Cn2c(=O)[nH]c3c(N)nc(NCCCC)cc32)cc1)OC(=O)CCCCCCCCCCCCCCC. The molecule has 3 aromatic rings. The Morgan fingerprint density at radius 2 is 1.13 bits per heavy atom. The van der Waals surface area contributed by atoms with E-state index in [9.17, 15) is 28.8 Å². The van der Waals surface area contributed by atoms with Gasteiger partial charge in [0.1, 0.15) is 41.7 Å². The highest BCUT2D eigenvalue weighted by molar-refractivity contribution is 7.99. The van der Waals surface area contributed by atoms with Crippen LogP contribution in [-0.2, 0) is 44.7 Å². The Bertz CT molecular complexity index is 2430. The summed E-state index contributed by atoms with van der Waals surface area (Å²) in [5.74, 6) is -1.07. The van der Waals surface area contributed by atoms with Crippen LogP contribution in [0.4, 0.5) is 22.1 Å². The summed E-state index contributed by atoms with van der Waals surface area (Å²) in [5, 5.41) is 11.7. The van der Waals surface area contributed by atoms with Gasteiger partial charge >= 0.3 is 23.7 Å². The third-order valence-corrected chi connectivity index (χ3v) is 16.0. The molecular weight excluding hydrogens is 1110 g/mol. The molecular formula is C67H114N8O10S. The predicted octanol–water partition coefficient (Wildman–Crippen LogP) is 14.8. The van der Waals surface area contributed by atoms with Crippen molar-refractivity contribution >= 4 is 70.0 Å². The van der Waals surface area contributed by atoms with Crippen molar-refractivity contribution in [3.8, 4) is 0 Å². The van der Waals surface area contributed by atoms with E-state index in [1.54, 1.807) is 55.7 Å². The Labute approximate surface area is 520 Å². The zero-order chi connectivity index (χ0) is 63.0. The third-order valence-electron chi connectivity index (χ3n) is 14.8. The molecule has 0 spiro atoms. The molecule has 0 saturated heterocycles. The number of aromatic amines is 1. The summed E-state index contributed by atoms with van der Waals surface area (Å²) in [7, 11) is 0. The van der Waals surface area contributed by atoms with Gasteiger partial charge in [-0.15, -0.1) is 0 Å². The maximum atomic E-state index is 14.4. The lowest BCUT2D eigenvalue weighted by Crippen LogP contribution is -2.56. The number of aromatic nitrogens is 3. The number of nitrogens with one attached hydrogen (secondary N) is 5. The molecule has 0 aliphatic rings. The number of rotatable bonds is 48. The quantitative estimate of drug-likeness (QED) is 0.0175. The minimum atomic E-state index is -1.22. The highest BCUT2D eigenvalue weighted by atomic mass is 32.2. The number of esters is 2. The van der Waals surface area contributed by atoms with Crippen LogP contribution in [0.25, 0.3) is 11.0 Å². The smallest absolute Gasteiger partial charge is 0.408 e. The molecule has 3 amide bonds. The van der Waals surface area contributed by atoms with E-state index in [2.05, 4.69) is 52.0 Å². The van der Waals surface area contributed by atoms with Gasteiger partial charge in [0, 0.05) is 42.6 Å². The monoisotopic (exact) mass is 1220 g/mol. The number of nitrogens with two attached hydrogens (primary N) is 1. The Morgan fingerprint density at radius 3 is 1.64 bits per heavy atom. The molecule has 0 radical (unpaired) electrons. The Hall–Kier alpha value is -5.30. The maximum absolute atomic E-state index is 14.4. The largest absolute Gasteiger partial charge is 0.462 e. The van der Waals surface area contributed by atoms with E-state index >= 15 is 0 Å². The highest BCUT2D eigenvalue weighted by Gasteiger charge is 2.31. The maximum Gasteiger partial charge on any atom is 0.408 e. The molecule has 86 heavy (non-hydrogen) atoms. The summed E-state index contributed by atoms with van der Waals surface area (Å²) in [6.45, 7) is 17.8. The van der Waals surface area contributed by atoms with Crippen LogP contribution in [-0.4, -0.2) is 105 Å². The van der Waals surface area contributed by atoms with Crippen LogP contribution in [0.2, 0.25) is 0 Å². The van der Waals surface area contributed by atoms with E-state index in [4.69, 9.17) is 24.7 Å². The molecule has 7 N–H and O–H groups in total. The molecule has 0 fully saturated rings. The van der Waals surface area contributed by atoms with Crippen molar-refractivity contribution in [1.29, 1.82) is 0 Å². The van der Waals surface area contributed by atoms with Crippen LogP contribution < -0.4 is 32.7 Å². The fraction of sp³-hybridized carbons (Fsp3) is 0.746. The van der Waals surface area contributed by atoms with Crippen LogP contribution in [0.3, 0.4) is 0 Å². The summed E-state index contributed by atoms with van der Waals surface area (Å²) < 4.78 is 24.9. The molecule has 1 unspecified atom stereocenters. The zero-order valence-corrected chi connectivity index (χ0v) is 55.4. The second-order valence-corrected chi connectivity index (χ2v) is 26.3. The Kier molecular flexibility index (Phi) is 37.8. The molecule has 0 aliphatic heterocycles. The second-order valence-electron chi connectivity index (χ2n) is 25.3. The number of anilines is 3. The second kappa shape index (κ2) is 43.4. The van der Waals surface area contributed by atoms with Gasteiger partial charge in [-0.2, -0.15) is 11.8 Å². The van der Waals surface area contributed by atoms with E-state index in [-0.39, 0.29) is 67.6 Å². The number of unbranched alkanes of at least 4 members (excludes halogenated alkanes) is 25. The van der Waals surface area contributed by atoms with Crippen LogP contribution >= 0.6 is 11.8 Å². The number of benzene rings is 1. The summed E-state index contributed by atoms with van der Waals surface area (Å²) in [4.78, 5) is 88.6. The number of pyridine rings is 1. The summed E-state index contributed by atoms with van der Waals surface area (Å²) in [6, 6.07) is 6.34. The number of nitrogen functional groups attached to an aromatic ring is 1. The van der Waals surface area contributed by atoms with Gasteiger partial charge in [0.15, 0.2) is 5.82 Å². The molecule has 488 valence electrons. The van der Waals surface area contributed by atoms with Crippen LogP contribution in [0.5, 0.6) is 0 Å². The van der Waals surface area contributed by atoms with E-state index in [1.807, 2.05) is 20.8 Å². The number of alkyl carbamates (subject to hydrolysis) is 1. The molecule has 2 heterocycles. The lowest BCUT2D eigenvalue weighted by molar-refractivity contribution is -0.157. The number of carbonyl (C=O) groups excluding carboxylic acids is 5. The van der Waals surface area contributed by atoms with Crippen molar-refractivity contribution in [3.63, 3.8) is 0 Å². The first-order valence-corrected chi connectivity index (χ1v) is 34.3. The van der Waals surface area contributed by atoms with Gasteiger partial charge in [0.25, 0.3) is 0 Å². The molecule has 3 atom stereocenters. The van der Waals surface area contributed by atoms with Crippen molar-refractivity contribution in [2.45, 2.75) is 291 Å². The average molecular weight is 1220 g/mol. The number of hydrogen-bond donors (Lipinski definition) is 6. The van der Waals surface area contributed by atoms with Gasteiger partial charge in [-0.1, -0.05) is 193 Å². The van der Waals surface area contributed by atoms with E-state index < -0.39 is 47.3 Å². The first kappa shape index (κ1) is 75.0. The predicted molar refractivity (Wildman–Crippen MR) is 352 cm³/mol. The number of hydrogen-bond acceptors (Lipinski definition) is 14. The summed E-state index contributed by atoms with van der Waals surface area (Å²) in [6.07, 6.45) is 31.8. The van der Waals surface area contributed by atoms with Crippen molar-refractivity contribution in [1.82, 2.24) is 25.2 Å². The summed E-state index contributed by atoms with van der Waals surface area (Å²) in [5.41, 5.74) is 6.57. The van der Waals surface area contributed by atoms with Gasteiger partial charge in [0.05, 0.1) is 24.3 Å². The molecule has 0 saturated carbocycles. The third kappa shape index (κ3) is 34.3. The first-order chi connectivity index (χ1) is 41.2.